The number of carbonyl (C=O) groups excluding carboxylic acids is 2. The Hall–Kier alpha value is -2.90. The van der Waals surface area contributed by atoms with Crippen molar-refractivity contribution in [3.8, 4) is 17.0 Å². The van der Waals surface area contributed by atoms with E-state index in [4.69, 9.17) is 16.3 Å². The van der Waals surface area contributed by atoms with Crippen LogP contribution in [0.4, 0.5) is 5.13 Å². The van der Waals surface area contributed by atoms with Gasteiger partial charge in [-0.05, 0) is 36.4 Å². The number of benzene rings is 2. The first-order chi connectivity index (χ1) is 14.0. The van der Waals surface area contributed by atoms with Gasteiger partial charge in [0.2, 0.25) is 5.91 Å². The fourth-order valence-electron chi connectivity index (χ4n) is 3.21. The minimum Gasteiger partial charge on any atom is -0.493 e. The molecule has 0 saturated carbocycles. The van der Waals surface area contributed by atoms with Crippen LogP contribution in [0.15, 0.2) is 47.8 Å². The highest BCUT2D eigenvalue weighted by Gasteiger charge is 2.23. The monoisotopic (exact) mass is 427 g/mol. The second kappa shape index (κ2) is 8.23. The lowest BCUT2D eigenvalue weighted by atomic mass is 9.97. The minimum absolute atomic E-state index is 0.0760. The van der Waals surface area contributed by atoms with Gasteiger partial charge in [0.1, 0.15) is 5.75 Å². The second-order valence-corrected chi connectivity index (χ2v) is 7.94. The predicted octanol–water partition coefficient (Wildman–Crippen LogP) is 4.68. The Kier molecular flexibility index (Phi) is 5.51. The Morgan fingerprint density at radius 3 is 2.90 bits per heavy atom. The molecule has 1 atom stereocenters. The van der Waals surface area contributed by atoms with E-state index in [2.05, 4.69) is 15.6 Å². The molecule has 2 N–H and O–H groups in total. The topological polar surface area (TPSA) is 80.3 Å². The number of aromatic nitrogens is 1. The number of fused-ring (bicyclic) bond motifs is 1. The van der Waals surface area contributed by atoms with E-state index < -0.39 is 0 Å². The highest BCUT2D eigenvalue weighted by Crippen LogP contribution is 2.36. The van der Waals surface area contributed by atoms with E-state index in [0.717, 1.165) is 22.6 Å². The van der Waals surface area contributed by atoms with Crippen LogP contribution < -0.4 is 15.4 Å². The molecule has 0 aliphatic carbocycles. The number of thiazole rings is 1. The largest absolute Gasteiger partial charge is 0.493 e. The summed E-state index contributed by atoms with van der Waals surface area (Å²) in [5.74, 6) is 0.425. The molecule has 0 bridgehead atoms. The van der Waals surface area contributed by atoms with Gasteiger partial charge in [0.25, 0.3) is 5.91 Å². The standard InChI is InChI=1S/C21H18ClN3O3S/c1-12(26)23-17-7-8-28-19-6-5-13(10-16(17)19)18-11-29-21(24-18)25-20(27)14-3-2-4-15(22)9-14/h2-6,9-11,17H,7-8H2,1H3,(H,23,26)(H,24,25,27). The van der Waals surface area contributed by atoms with Crippen molar-refractivity contribution in [2.24, 2.45) is 0 Å². The Labute approximate surface area is 176 Å². The lowest BCUT2D eigenvalue weighted by Gasteiger charge is -2.26. The average Bonchev–Trinajstić information content (AvgIpc) is 3.16. The number of carbonyl (C=O) groups is 2. The first-order valence-electron chi connectivity index (χ1n) is 9.06. The zero-order valence-electron chi connectivity index (χ0n) is 15.6. The summed E-state index contributed by atoms with van der Waals surface area (Å²) in [4.78, 5) is 28.4. The van der Waals surface area contributed by atoms with Gasteiger partial charge in [-0.2, -0.15) is 0 Å². The Morgan fingerprint density at radius 1 is 1.24 bits per heavy atom. The van der Waals surface area contributed by atoms with Crippen LogP contribution in [0.3, 0.4) is 0 Å². The van der Waals surface area contributed by atoms with Gasteiger partial charge in [0, 0.05) is 40.4 Å². The highest BCUT2D eigenvalue weighted by molar-refractivity contribution is 7.14. The highest BCUT2D eigenvalue weighted by atomic mass is 35.5. The van der Waals surface area contributed by atoms with Gasteiger partial charge in [-0.3, -0.25) is 14.9 Å². The lowest BCUT2D eigenvalue weighted by Crippen LogP contribution is -2.30. The molecule has 1 aromatic heterocycles. The van der Waals surface area contributed by atoms with Gasteiger partial charge < -0.3 is 10.1 Å². The number of ether oxygens (including phenoxy) is 1. The van der Waals surface area contributed by atoms with Gasteiger partial charge in [-0.15, -0.1) is 11.3 Å². The molecule has 0 radical (unpaired) electrons. The summed E-state index contributed by atoms with van der Waals surface area (Å²) in [6.45, 7) is 2.07. The summed E-state index contributed by atoms with van der Waals surface area (Å²) < 4.78 is 5.71. The quantitative estimate of drug-likeness (QED) is 0.633. The van der Waals surface area contributed by atoms with Crippen LogP contribution in [-0.4, -0.2) is 23.4 Å². The molecule has 29 heavy (non-hydrogen) atoms. The van der Waals surface area contributed by atoms with Crippen LogP contribution in [0, 0.1) is 0 Å². The summed E-state index contributed by atoms with van der Waals surface area (Å²) >= 11 is 7.29. The Morgan fingerprint density at radius 2 is 2.10 bits per heavy atom. The number of hydrogen-bond donors (Lipinski definition) is 2. The summed E-state index contributed by atoms with van der Waals surface area (Å²) in [6.07, 6.45) is 0.716. The van der Waals surface area contributed by atoms with Crippen LogP contribution >= 0.6 is 22.9 Å². The molecular formula is C21H18ClN3O3S. The van der Waals surface area contributed by atoms with E-state index in [1.165, 1.54) is 18.3 Å². The van der Waals surface area contributed by atoms with Crippen LogP contribution in [0.25, 0.3) is 11.3 Å². The number of anilines is 1. The van der Waals surface area contributed by atoms with Crippen LogP contribution in [-0.2, 0) is 4.79 Å². The number of rotatable bonds is 4. The summed E-state index contributed by atoms with van der Waals surface area (Å²) in [6, 6.07) is 12.5. The first kappa shape index (κ1) is 19.4. The molecule has 4 rings (SSSR count). The molecule has 148 valence electrons. The Bertz CT molecular complexity index is 1080. The molecule has 0 fully saturated rings. The maximum Gasteiger partial charge on any atom is 0.257 e. The minimum atomic E-state index is -0.266. The smallest absolute Gasteiger partial charge is 0.257 e. The van der Waals surface area contributed by atoms with E-state index in [0.29, 0.717) is 28.7 Å². The predicted molar refractivity (Wildman–Crippen MR) is 114 cm³/mol. The number of amides is 2. The van der Waals surface area contributed by atoms with Crippen molar-refractivity contribution < 1.29 is 14.3 Å². The first-order valence-corrected chi connectivity index (χ1v) is 10.3. The van der Waals surface area contributed by atoms with Gasteiger partial charge in [-0.1, -0.05) is 17.7 Å². The fourth-order valence-corrected chi connectivity index (χ4v) is 4.12. The Balaban J connectivity index is 1.55. The molecule has 2 aromatic carbocycles. The summed E-state index contributed by atoms with van der Waals surface area (Å²) in [5.41, 5.74) is 3.04. The average molecular weight is 428 g/mol. The van der Waals surface area contributed by atoms with E-state index in [-0.39, 0.29) is 17.9 Å². The maximum absolute atomic E-state index is 12.4. The maximum atomic E-state index is 12.4. The van der Waals surface area contributed by atoms with E-state index in [1.54, 1.807) is 24.3 Å². The fraction of sp³-hybridized carbons (Fsp3) is 0.190. The molecule has 1 aliphatic heterocycles. The molecule has 0 spiro atoms. The number of hydrogen-bond acceptors (Lipinski definition) is 5. The second-order valence-electron chi connectivity index (χ2n) is 6.65. The zero-order chi connectivity index (χ0) is 20.4. The molecule has 0 saturated heterocycles. The number of halogens is 1. The van der Waals surface area contributed by atoms with Crippen molar-refractivity contribution in [1.82, 2.24) is 10.3 Å². The van der Waals surface area contributed by atoms with Crippen molar-refractivity contribution in [3.05, 3.63) is 64.0 Å². The third-order valence-corrected chi connectivity index (χ3v) is 5.53. The lowest BCUT2D eigenvalue weighted by molar-refractivity contribution is -0.119. The SMILES string of the molecule is CC(=O)NC1CCOc2ccc(-c3csc(NC(=O)c4cccc(Cl)c4)n3)cc21. The molecule has 8 heteroatoms. The van der Waals surface area contributed by atoms with Gasteiger partial charge in [-0.25, -0.2) is 4.98 Å². The molecule has 3 aromatic rings. The van der Waals surface area contributed by atoms with Gasteiger partial charge in [0.05, 0.1) is 18.3 Å². The third-order valence-electron chi connectivity index (χ3n) is 4.53. The van der Waals surface area contributed by atoms with Crippen molar-refractivity contribution in [3.63, 3.8) is 0 Å². The molecule has 2 heterocycles. The van der Waals surface area contributed by atoms with Crippen LogP contribution in [0.2, 0.25) is 5.02 Å². The summed E-state index contributed by atoms with van der Waals surface area (Å²) in [7, 11) is 0. The van der Waals surface area contributed by atoms with Crippen LogP contribution in [0.5, 0.6) is 5.75 Å². The van der Waals surface area contributed by atoms with Crippen molar-refractivity contribution in [2.75, 3.05) is 11.9 Å². The van der Waals surface area contributed by atoms with E-state index >= 15 is 0 Å². The van der Waals surface area contributed by atoms with E-state index in [1.807, 2.05) is 23.6 Å². The van der Waals surface area contributed by atoms with Crippen LogP contribution in [0.1, 0.15) is 35.3 Å². The molecular weight excluding hydrogens is 410 g/mol. The zero-order valence-corrected chi connectivity index (χ0v) is 17.1. The molecule has 2 amide bonds. The van der Waals surface area contributed by atoms with Gasteiger partial charge >= 0.3 is 0 Å². The van der Waals surface area contributed by atoms with E-state index in [9.17, 15) is 9.59 Å². The third kappa shape index (κ3) is 4.41. The van der Waals surface area contributed by atoms with Crippen molar-refractivity contribution >= 4 is 39.9 Å². The van der Waals surface area contributed by atoms with Gasteiger partial charge in [0.15, 0.2) is 5.13 Å². The molecule has 1 unspecified atom stereocenters. The van der Waals surface area contributed by atoms with Crippen molar-refractivity contribution in [1.29, 1.82) is 0 Å². The summed E-state index contributed by atoms with van der Waals surface area (Å²) in [5, 5.41) is 8.65. The number of nitrogens with zero attached hydrogens (tertiary/aromatic N) is 1. The normalized spacial score (nSPS) is 15.2. The van der Waals surface area contributed by atoms with Crippen molar-refractivity contribution in [2.45, 2.75) is 19.4 Å². The molecule has 6 nitrogen and oxygen atoms in total. The number of nitrogens with one attached hydrogen (secondary N) is 2. The molecule has 1 aliphatic rings.